The molecule has 1 fully saturated rings. The molecule has 3 aromatic carbocycles. The summed E-state index contributed by atoms with van der Waals surface area (Å²) in [5.41, 5.74) is 4.75. The van der Waals surface area contributed by atoms with Crippen molar-refractivity contribution in [3.8, 4) is 0 Å². The van der Waals surface area contributed by atoms with Crippen LogP contribution in [-0.4, -0.2) is 41.9 Å². The molecule has 3 aromatic rings. The Hall–Kier alpha value is -2.33. The molecular weight excluding hydrogens is 451 g/mol. The van der Waals surface area contributed by atoms with Gasteiger partial charge < -0.3 is 9.80 Å². The predicted molar refractivity (Wildman–Crippen MR) is 135 cm³/mol. The fourth-order valence-corrected chi connectivity index (χ4v) is 5.62. The number of fused-ring (bicyclic) bond motifs is 1. The van der Waals surface area contributed by atoms with E-state index in [-0.39, 0.29) is 17.9 Å². The first kappa shape index (κ1) is 22.5. The highest BCUT2D eigenvalue weighted by Crippen LogP contribution is 2.40. The van der Waals surface area contributed by atoms with Crippen molar-refractivity contribution in [1.82, 2.24) is 9.80 Å². The van der Waals surface area contributed by atoms with E-state index in [1.807, 2.05) is 18.2 Å². The molecule has 2 aliphatic heterocycles. The second kappa shape index (κ2) is 9.89. The molecule has 0 N–H and O–H groups in total. The summed E-state index contributed by atoms with van der Waals surface area (Å²) in [4.78, 5) is 18.4. The van der Waals surface area contributed by atoms with Gasteiger partial charge in [0.05, 0.1) is 22.5 Å². The Morgan fingerprint density at radius 1 is 0.848 bits per heavy atom. The molecule has 0 saturated carbocycles. The molecule has 0 bridgehead atoms. The quantitative estimate of drug-likeness (QED) is 0.426. The van der Waals surface area contributed by atoms with Gasteiger partial charge in [0.2, 0.25) is 5.91 Å². The molecule has 3 nitrogen and oxygen atoms in total. The lowest BCUT2D eigenvalue weighted by atomic mass is 9.81. The Labute approximate surface area is 205 Å². The molecule has 33 heavy (non-hydrogen) atoms. The third-order valence-electron chi connectivity index (χ3n) is 6.98. The second-order valence-electron chi connectivity index (χ2n) is 9.09. The maximum absolute atomic E-state index is 13.8. The molecule has 2 heterocycles. The van der Waals surface area contributed by atoms with Gasteiger partial charge in [-0.05, 0) is 60.3 Å². The van der Waals surface area contributed by atoms with Crippen molar-refractivity contribution in [1.29, 1.82) is 0 Å². The van der Waals surface area contributed by atoms with E-state index in [9.17, 15) is 4.79 Å². The molecule has 2 atom stereocenters. The minimum atomic E-state index is 0.0505. The summed E-state index contributed by atoms with van der Waals surface area (Å²) >= 11 is 12.3. The first-order chi connectivity index (χ1) is 16.1. The number of benzene rings is 3. The fraction of sp³-hybridized carbons (Fsp3) is 0.321. The first-order valence-corrected chi connectivity index (χ1v) is 12.5. The zero-order valence-electron chi connectivity index (χ0n) is 18.6. The van der Waals surface area contributed by atoms with Crippen molar-refractivity contribution in [3.63, 3.8) is 0 Å². The van der Waals surface area contributed by atoms with Gasteiger partial charge >= 0.3 is 0 Å². The molecule has 0 spiro atoms. The van der Waals surface area contributed by atoms with E-state index in [0.717, 1.165) is 25.2 Å². The highest BCUT2D eigenvalue weighted by Gasteiger charge is 2.37. The van der Waals surface area contributed by atoms with Gasteiger partial charge in [-0.25, -0.2) is 0 Å². The minimum absolute atomic E-state index is 0.0505. The number of halogens is 2. The van der Waals surface area contributed by atoms with Crippen molar-refractivity contribution in [2.24, 2.45) is 0 Å². The van der Waals surface area contributed by atoms with Crippen LogP contribution in [0.15, 0.2) is 72.8 Å². The number of amides is 1. The van der Waals surface area contributed by atoms with E-state index in [2.05, 4.69) is 58.3 Å². The fourth-order valence-electron chi connectivity index (χ4n) is 5.30. The largest absolute Gasteiger partial charge is 0.333 e. The smallest absolute Gasteiger partial charge is 0.227 e. The van der Waals surface area contributed by atoms with Crippen LogP contribution < -0.4 is 0 Å². The van der Waals surface area contributed by atoms with Gasteiger partial charge in [-0.1, -0.05) is 83.9 Å². The number of hydrogen-bond donors (Lipinski definition) is 0. The van der Waals surface area contributed by atoms with Crippen LogP contribution in [0.2, 0.25) is 10.0 Å². The molecule has 0 aliphatic carbocycles. The summed E-state index contributed by atoms with van der Waals surface area (Å²) in [5.74, 6) is 0.294. The van der Waals surface area contributed by atoms with Gasteiger partial charge in [0.25, 0.3) is 0 Å². The van der Waals surface area contributed by atoms with Crippen molar-refractivity contribution in [3.05, 3.63) is 105 Å². The van der Waals surface area contributed by atoms with Crippen LogP contribution in [0, 0.1) is 0 Å². The van der Waals surface area contributed by atoms with Crippen molar-refractivity contribution in [2.45, 2.75) is 31.2 Å². The van der Waals surface area contributed by atoms with Gasteiger partial charge in [-0.15, -0.1) is 0 Å². The molecule has 2 aliphatic rings. The Morgan fingerprint density at radius 2 is 1.55 bits per heavy atom. The van der Waals surface area contributed by atoms with Gasteiger partial charge in [0.1, 0.15) is 0 Å². The van der Waals surface area contributed by atoms with Crippen molar-refractivity contribution >= 4 is 29.1 Å². The molecule has 1 amide bonds. The Morgan fingerprint density at radius 3 is 2.27 bits per heavy atom. The van der Waals surface area contributed by atoms with E-state index in [4.69, 9.17) is 23.2 Å². The van der Waals surface area contributed by atoms with Gasteiger partial charge in [0, 0.05) is 19.0 Å². The molecule has 2 unspecified atom stereocenters. The zero-order chi connectivity index (χ0) is 22.8. The first-order valence-electron chi connectivity index (χ1n) is 11.7. The SMILES string of the molecule is O=C(Cc1ccc(Cl)c(Cl)c1)N1CC(c2ccccc2)c2ccccc2C1CN1CCCC1. The lowest BCUT2D eigenvalue weighted by Gasteiger charge is -2.43. The van der Waals surface area contributed by atoms with Gasteiger partial charge in [-0.2, -0.15) is 0 Å². The van der Waals surface area contributed by atoms with E-state index in [1.54, 1.807) is 6.07 Å². The summed E-state index contributed by atoms with van der Waals surface area (Å²) in [6.07, 6.45) is 2.79. The highest BCUT2D eigenvalue weighted by atomic mass is 35.5. The molecule has 1 saturated heterocycles. The van der Waals surface area contributed by atoms with Crippen LogP contribution >= 0.6 is 23.2 Å². The Kier molecular flexibility index (Phi) is 6.73. The van der Waals surface area contributed by atoms with E-state index in [0.29, 0.717) is 23.0 Å². The van der Waals surface area contributed by atoms with Crippen molar-refractivity contribution < 1.29 is 4.79 Å². The zero-order valence-corrected chi connectivity index (χ0v) is 20.1. The summed E-state index contributed by atoms with van der Waals surface area (Å²) in [6, 6.07) is 24.7. The third-order valence-corrected chi connectivity index (χ3v) is 7.72. The van der Waals surface area contributed by atoms with E-state index >= 15 is 0 Å². The lowest BCUT2D eigenvalue weighted by Crippen LogP contribution is -2.47. The Balaban J connectivity index is 1.51. The standard InChI is InChI=1S/C28H28Cl2N2O/c29-25-13-12-20(16-26(25)30)17-28(33)32-18-24(21-8-2-1-3-9-21)22-10-4-5-11-23(22)27(32)19-31-14-6-7-15-31/h1-5,8-13,16,24,27H,6-7,14-15,17-19H2. The third kappa shape index (κ3) is 4.82. The number of carbonyl (C=O) groups is 1. The highest BCUT2D eigenvalue weighted by molar-refractivity contribution is 6.42. The van der Waals surface area contributed by atoms with Gasteiger partial charge in [0.15, 0.2) is 0 Å². The van der Waals surface area contributed by atoms with Gasteiger partial charge in [-0.3, -0.25) is 4.79 Å². The number of hydrogen-bond acceptors (Lipinski definition) is 2. The lowest BCUT2D eigenvalue weighted by molar-refractivity contribution is -0.134. The maximum atomic E-state index is 13.8. The molecular formula is C28H28Cl2N2O. The number of rotatable bonds is 5. The average molecular weight is 479 g/mol. The van der Waals surface area contributed by atoms with E-state index < -0.39 is 0 Å². The molecule has 5 rings (SSSR count). The predicted octanol–water partition coefficient (Wildman–Crippen LogP) is 6.35. The number of carbonyl (C=O) groups excluding carboxylic acids is 1. The van der Waals surface area contributed by atoms with E-state index in [1.165, 1.54) is 29.5 Å². The normalized spacial score (nSPS) is 20.6. The van der Waals surface area contributed by atoms with Crippen LogP contribution in [0.1, 0.15) is 47.1 Å². The van der Waals surface area contributed by atoms with Crippen LogP contribution in [0.4, 0.5) is 0 Å². The van der Waals surface area contributed by atoms with Crippen LogP contribution in [0.3, 0.4) is 0 Å². The van der Waals surface area contributed by atoms with Crippen molar-refractivity contribution in [2.75, 3.05) is 26.2 Å². The van der Waals surface area contributed by atoms with Crippen LogP contribution in [0.5, 0.6) is 0 Å². The molecule has 0 aromatic heterocycles. The summed E-state index contributed by atoms with van der Waals surface area (Å²) in [6.45, 7) is 3.77. The maximum Gasteiger partial charge on any atom is 0.227 e. The van der Waals surface area contributed by atoms with Crippen LogP contribution in [0.25, 0.3) is 0 Å². The average Bonchev–Trinajstić information content (AvgIpc) is 3.35. The molecule has 170 valence electrons. The summed E-state index contributed by atoms with van der Waals surface area (Å²) in [7, 11) is 0. The molecule has 0 radical (unpaired) electrons. The monoisotopic (exact) mass is 478 g/mol. The number of nitrogens with zero attached hydrogens (tertiary/aromatic N) is 2. The topological polar surface area (TPSA) is 23.6 Å². The summed E-state index contributed by atoms with van der Waals surface area (Å²) < 4.78 is 0. The summed E-state index contributed by atoms with van der Waals surface area (Å²) in [5, 5.41) is 0.998. The number of likely N-dealkylation sites (tertiary alicyclic amines) is 1. The Bertz CT molecular complexity index is 1130. The minimum Gasteiger partial charge on any atom is -0.333 e. The second-order valence-corrected chi connectivity index (χ2v) is 9.90. The van der Waals surface area contributed by atoms with Crippen LogP contribution in [-0.2, 0) is 11.2 Å². The molecule has 5 heteroatoms.